The summed E-state index contributed by atoms with van der Waals surface area (Å²) < 4.78 is 6.58. The summed E-state index contributed by atoms with van der Waals surface area (Å²) in [6, 6.07) is 59.3. The van der Waals surface area contributed by atoms with E-state index in [2.05, 4.69) is 202 Å². The van der Waals surface area contributed by atoms with E-state index in [0.717, 1.165) is 12.2 Å². The van der Waals surface area contributed by atoms with E-state index in [1.54, 1.807) is 0 Å². The van der Waals surface area contributed by atoms with Crippen molar-refractivity contribution in [2.75, 3.05) is 20.7 Å². The minimum absolute atomic E-state index is 0.205. The van der Waals surface area contributed by atoms with E-state index in [1.165, 1.54) is 66.9 Å². The maximum absolute atomic E-state index is 6.58. The molecule has 0 bridgehead atoms. The summed E-state index contributed by atoms with van der Waals surface area (Å²) in [5, 5.41) is 0. The Bertz CT molecular complexity index is 2210. The Morgan fingerprint density at radius 2 is 0.941 bits per heavy atom. The first-order valence-corrected chi connectivity index (χ1v) is 18.0. The molecule has 2 heteroatoms. The molecule has 0 amide bonds. The molecule has 1 unspecified atom stereocenters. The van der Waals surface area contributed by atoms with Gasteiger partial charge in [0.1, 0.15) is 5.76 Å². The molecular weight excluding hydrogens is 619 g/mol. The molecule has 0 aromatic heterocycles. The van der Waals surface area contributed by atoms with Gasteiger partial charge in [-0.2, -0.15) is 0 Å². The lowest BCUT2D eigenvalue weighted by atomic mass is 9.70. The zero-order valence-corrected chi connectivity index (χ0v) is 29.6. The number of allylic oxidation sites excluding steroid dienone is 5. The fraction of sp³-hybridized carbons (Fsp3) is 0.143. The molecule has 0 radical (unpaired) electrons. The van der Waals surface area contributed by atoms with Gasteiger partial charge in [0.25, 0.3) is 0 Å². The van der Waals surface area contributed by atoms with E-state index in [9.17, 15) is 0 Å². The number of hydrogen-bond donors (Lipinski definition) is 0. The van der Waals surface area contributed by atoms with Crippen molar-refractivity contribution >= 4 is 11.1 Å². The number of benzene rings is 6. The molecule has 6 aromatic carbocycles. The number of ether oxygens (including phenoxy) is 1. The van der Waals surface area contributed by atoms with Gasteiger partial charge >= 0.3 is 0 Å². The molecule has 0 saturated heterocycles. The second-order valence-electron chi connectivity index (χ2n) is 13.8. The van der Waals surface area contributed by atoms with Crippen LogP contribution in [0.3, 0.4) is 0 Å². The number of hydrogen-bond acceptors (Lipinski definition) is 2. The van der Waals surface area contributed by atoms with Crippen LogP contribution in [-0.4, -0.2) is 25.6 Å². The maximum atomic E-state index is 6.58. The van der Waals surface area contributed by atoms with Crippen molar-refractivity contribution in [1.82, 2.24) is 4.90 Å². The predicted octanol–water partition coefficient (Wildman–Crippen LogP) is 12.2. The summed E-state index contributed by atoms with van der Waals surface area (Å²) in [5.41, 5.74) is 14.5. The summed E-state index contributed by atoms with van der Waals surface area (Å²) >= 11 is 0. The summed E-state index contributed by atoms with van der Waals surface area (Å²) in [7, 11) is 4.37. The van der Waals surface area contributed by atoms with Gasteiger partial charge in [-0.25, -0.2) is 0 Å². The van der Waals surface area contributed by atoms with Crippen LogP contribution in [0, 0.1) is 5.41 Å². The molecule has 2 atom stereocenters. The van der Waals surface area contributed by atoms with Crippen LogP contribution in [0.5, 0.6) is 0 Å². The first-order valence-electron chi connectivity index (χ1n) is 18.0. The molecule has 0 heterocycles. The first-order chi connectivity index (χ1) is 25.0. The van der Waals surface area contributed by atoms with Crippen LogP contribution in [0.15, 0.2) is 187 Å². The van der Waals surface area contributed by atoms with E-state index < -0.39 is 5.41 Å². The van der Waals surface area contributed by atoms with Crippen molar-refractivity contribution < 1.29 is 4.74 Å². The van der Waals surface area contributed by atoms with Gasteiger partial charge in [0.2, 0.25) is 0 Å². The average molecular weight is 662 g/mol. The number of nitrogens with zero attached hydrogens (tertiary/aromatic N) is 1. The highest BCUT2D eigenvalue weighted by atomic mass is 16.5. The van der Waals surface area contributed by atoms with E-state index in [0.29, 0.717) is 6.61 Å². The Morgan fingerprint density at radius 3 is 1.39 bits per heavy atom. The van der Waals surface area contributed by atoms with E-state index in [4.69, 9.17) is 4.74 Å². The quantitative estimate of drug-likeness (QED) is 0.153. The van der Waals surface area contributed by atoms with E-state index >= 15 is 0 Å². The smallest absolute Gasteiger partial charge is 0.124 e. The topological polar surface area (TPSA) is 12.5 Å². The fourth-order valence-electron chi connectivity index (χ4n) is 8.10. The van der Waals surface area contributed by atoms with Crippen LogP contribution in [0.2, 0.25) is 0 Å². The SMILES string of the molecule is CCOC1=C(c2ccc(-c3ccccc3)cc2)[C@@]2(C=C(N(C)C)C(c3ccc(-c4ccccc4)cc3)C2)C(c2ccc(-c3ccccc3)cc2)=C1. The van der Waals surface area contributed by atoms with Gasteiger partial charge in [0.05, 0.1) is 6.61 Å². The minimum Gasteiger partial charge on any atom is -0.494 e. The van der Waals surface area contributed by atoms with Crippen LogP contribution < -0.4 is 0 Å². The zero-order valence-electron chi connectivity index (χ0n) is 29.6. The molecule has 6 aromatic rings. The van der Waals surface area contributed by atoms with Crippen molar-refractivity contribution in [3.05, 3.63) is 204 Å². The van der Waals surface area contributed by atoms with Crippen LogP contribution in [0.1, 0.15) is 36.0 Å². The fourth-order valence-corrected chi connectivity index (χ4v) is 8.10. The molecular formula is C49H43NO. The molecule has 0 aliphatic heterocycles. The lowest BCUT2D eigenvalue weighted by molar-refractivity contribution is 0.244. The van der Waals surface area contributed by atoms with E-state index in [-0.39, 0.29) is 5.92 Å². The van der Waals surface area contributed by atoms with Crippen LogP contribution >= 0.6 is 0 Å². The predicted molar refractivity (Wildman–Crippen MR) is 214 cm³/mol. The molecule has 2 nitrogen and oxygen atoms in total. The Labute approximate surface area is 302 Å². The molecule has 0 saturated carbocycles. The van der Waals surface area contributed by atoms with Crippen molar-refractivity contribution in [2.24, 2.45) is 5.41 Å². The summed E-state index contributed by atoms with van der Waals surface area (Å²) in [6.07, 6.45) is 5.78. The highest BCUT2D eigenvalue weighted by Crippen LogP contribution is 2.63. The maximum Gasteiger partial charge on any atom is 0.124 e. The number of likely N-dealkylation sites (N-methyl/N-ethyl adjacent to an activating group) is 1. The molecule has 0 N–H and O–H groups in total. The van der Waals surface area contributed by atoms with Gasteiger partial charge in [-0.3, -0.25) is 0 Å². The third kappa shape index (κ3) is 6.12. The van der Waals surface area contributed by atoms with Crippen molar-refractivity contribution in [2.45, 2.75) is 19.3 Å². The Hall–Kier alpha value is -5.86. The Morgan fingerprint density at radius 1 is 0.529 bits per heavy atom. The highest BCUT2D eigenvalue weighted by Gasteiger charge is 2.50. The van der Waals surface area contributed by atoms with Gasteiger partial charge in [0.15, 0.2) is 0 Å². The third-order valence-electron chi connectivity index (χ3n) is 10.5. The Kier molecular flexibility index (Phi) is 8.76. The van der Waals surface area contributed by atoms with Crippen LogP contribution in [-0.2, 0) is 4.74 Å². The van der Waals surface area contributed by atoms with Crippen molar-refractivity contribution in [1.29, 1.82) is 0 Å². The largest absolute Gasteiger partial charge is 0.494 e. The standard InChI is InChI=1S/C49H43NO/c1-4-51-47-32-45(42-28-22-39(23-29-42)36-16-10-6-11-17-36)49(48(47)43-30-24-40(25-31-43)37-18-12-7-13-19-37)33-44(46(34-49)50(2)3)41-26-20-38(21-27-41)35-14-8-5-9-15-35/h5-32,34,44H,4,33H2,1-3H3/t44?,49-/m0/s1. The van der Waals surface area contributed by atoms with E-state index in [1.807, 2.05) is 0 Å². The summed E-state index contributed by atoms with van der Waals surface area (Å²) in [4.78, 5) is 2.31. The lowest BCUT2D eigenvalue weighted by Crippen LogP contribution is -2.19. The lowest BCUT2D eigenvalue weighted by Gasteiger charge is -2.32. The average Bonchev–Trinajstić information content (AvgIpc) is 3.74. The van der Waals surface area contributed by atoms with Gasteiger partial charge < -0.3 is 9.64 Å². The highest BCUT2D eigenvalue weighted by molar-refractivity contribution is 5.98. The minimum atomic E-state index is -0.393. The molecule has 0 fully saturated rings. The Balaban J connectivity index is 1.25. The van der Waals surface area contributed by atoms with Gasteiger partial charge in [-0.05, 0) is 81.1 Å². The van der Waals surface area contributed by atoms with Crippen molar-refractivity contribution in [3.63, 3.8) is 0 Å². The summed E-state index contributed by atoms with van der Waals surface area (Å²) in [6.45, 7) is 2.69. The van der Waals surface area contributed by atoms with Crippen LogP contribution in [0.25, 0.3) is 44.5 Å². The van der Waals surface area contributed by atoms with Gasteiger partial charge in [-0.15, -0.1) is 0 Å². The molecule has 2 aliphatic rings. The number of rotatable bonds is 9. The summed E-state index contributed by atoms with van der Waals surface area (Å²) in [5.74, 6) is 1.16. The van der Waals surface area contributed by atoms with Crippen LogP contribution in [0.4, 0.5) is 0 Å². The van der Waals surface area contributed by atoms with Gasteiger partial charge in [0, 0.05) is 36.7 Å². The second kappa shape index (κ2) is 13.8. The zero-order chi connectivity index (χ0) is 34.8. The first kappa shape index (κ1) is 32.4. The van der Waals surface area contributed by atoms with Gasteiger partial charge in [-0.1, -0.05) is 164 Å². The molecule has 250 valence electrons. The van der Waals surface area contributed by atoms with Crippen molar-refractivity contribution in [3.8, 4) is 33.4 Å². The second-order valence-corrected chi connectivity index (χ2v) is 13.8. The monoisotopic (exact) mass is 661 g/mol. The molecule has 2 aliphatic carbocycles. The molecule has 8 rings (SSSR count). The normalized spacial score (nSPS) is 18.1. The molecule has 1 spiro atoms. The molecule has 51 heavy (non-hydrogen) atoms. The third-order valence-corrected chi connectivity index (χ3v) is 10.5.